The molecule has 0 aromatic heterocycles. The van der Waals surface area contributed by atoms with Crippen molar-refractivity contribution >= 4 is 28.3 Å². The van der Waals surface area contributed by atoms with Gasteiger partial charge in [-0.3, -0.25) is 4.79 Å². The minimum Gasteiger partial charge on any atom is -0.464 e. The van der Waals surface area contributed by atoms with E-state index in [1.165, 1.54) is 0 Å². The molecule has 1 amide bonds. The fourth-order valence-corrected chi connectivity index (χ4v) is 2.01. The summed E-state index contributed by atoms with van der Waals surface area (Å²) >= 11 is 3.28. The number of aliphatic hydroxyl groups is 1. The average Bonchev–Trinajstić information content (AvgIpc) is 2.36. The highest BCUT2D eigenvalue weighted by atomic mass is 79.9. The summed E-state index contributed by atoms with van der Waals surface area (Å²) in [6.45, 7) is 1.83. The molecule has 2 atom stereocenters. The van der Waals surface area contributed by atoms with Crippen LogP contribution in [0.15, 0.2) is 28.7 Å². The van der Waals surface area contributed by atoms with Crippen molar-refractivity contribution in [3.63, 3.8) is 0 Å². The third-order valence-electron chi connectivity index (χ3n) is 2.33. The molecule has 0 spiro atoms. The van der Waals surface area contributed by atoms with Crippen molar-refractivity contribution in [1.82, 2.24) is 5.32 Å². The second kappa shape index (κ2) is 7.13. The van der Waals surface area contributed by atoms with E-state index in [4.69, 9.17) is 4.74 Å². The second-order valence-corrected chi connectivity index (χ2v) is 4.33. The lowest BCUT2D eigenvalue weighted by molar-refractivity contribution is -0.149. The third kappa shape index (κ3) is 3.54. The predicted molar refractivity (Wildman–Crippen MR) is 68.7 cm³/mol. The van der Waals surface area contributed by atoms with Crippen LogP contribution in [0.3, 0.4) is 0 Å². The maximum atomic E-state index is 11.6. The Kier molecular flexibility index (Phi) is 5.80. The number of hydrogen-bond donors (Lipinski definition) is 2. The van der Waals surface area contributed by atoms with Crippen LogP contribution in [-0.4, -0.2) is 30.1 Å². The summed E-state index contributed by atoms with van der Waals surface area (Å²) in [5, 5.41) is 12.4. The number of hydrogen-bond acceptors (Lipinski definition) is 4. The van der Waals surface area contributed by atoms with E-state index in [-0.39, 0.29) is 6.61 Å². The smallest absolute Gasteiger partial charge is 0.331 e. The Balaban J connectivity index is 2.95. The molecular weight excluding hydrogens is 302 g/mol. The van der Waals surface area contributed by atoms with E-state index in [1.54, 1.807) is 31.2 Å². The van der Waals surface area contributed by atoms with Crippen LogP contribution in [0.25, 0.3) is 0 Å². The summed E-state index contributed by atoms with van der Waals surface area (Å²) in [4.78, 5) is 22.1. The maximum absolute atomic E-state index is 11.6. The van der Waals surface area contributed by atoms with Gasteiger partial charge in [-0.2, -0.15) is 0 Å². The molecule has 18 heavy (non-hydrogen) atoms. The van der Waals surface area contributed by atoms with Crippen LogP contribution >= 0.6 is 15.9 Å². The molecule has 0 saturated carbocycles. The van der Waals surface area contributed by atoms with Gasteiger partial charge in [0.15, 0.2) is 6.04 Å². The number of esters is 1. The fourth-order valence-electron chi connectivity index (χ4n) is 1.49. The number of benzene rings is 1. The van der Waals surface area contributed by atoms with E-state index in [9.17, 15) is 14.7 Å². The van der Waals surface area contributed by atoms with Crippen molar-refractivity contribution in [2.24, 2.45) is 0 Å². The van der Waals surface area contributed by atoms with E-state index < -0.39 is 18.1 Å². The minimum atomic E-state index is -1.18. The number of nitrogens with one attached hydrogen (secondary N) is 1. The lowest BCUT2D eigenvalue weighted by Gasteiger charge is -2.21. The van der Waals surface area contributed by atoms with Crippen LogP contribution in [0.5, 0.6) is 0 Å². The van der Waals surface area contributed by atoms with Crippen LogP contribution in [-0.2, 0) is 14.3 Å². The summed E-state index contributed by atoms with van der Waals surface area (Å²) < 4.78 is 5.46. The molecule has 0 aliphatic carbocycles. The standard InChI is InChI=1S/C12H14BrNO4/c1-2-18-12(17)10(14-7-15)11(16)8-5-3-4-6-9(8)13/h3-7,10-11,16H,2H2,1H3,(H,14,15). The molecule has 0 aliphatic rings. The van der Waals surface area contributed by atoms with Crippen LogP contribution in [0, 0.1) is 0 Å². The lowest BCUT2D eigenvalue weighted by atomic mass is 10.0. The first-order valence-electron chi connectivity index (χ1n) is 5.40. The Morgan fingerprint density at radius 3 is 2.78 bits per heavy atom. The first-order chi connectivity index (χ1) is 8.61. The van der Waals surface area contributed by atoms with E-state index >= 15 is 0 Å². The van der Waals surface area contributed by atoms with Crippen LogP contribution in [0.1, 0.15) is 18.6 Å². The van der Waals surface area contributed by atoms with Gasteiger partial charge < -0.3 is 15.2 Å². The topological polar surface area (TPSA) is 75.6 Å². The summed E-state index contributed by atoms with van der Waals surface area (Å²) in [5.41, 5.74) is 0.505. The molecule has 2 N–H and O–H groups in total. The van der Waals surface area contributed by atoms with Crippen molar-refractivity contribution in [3.8, 4) is 0 Å². The molecule has 0 saturated heterocycles. The number of ether oxygens (including phenoxy) is 1. The normalized spacial score (nSPS) is 13.5. The Morgan fingerprint density at radius 2 is 2.22 bits per heavy atom. The SMILES string of the molecule is CCOC(=O)C(NC=O)C(O)c1ccccc1Br. The monoisotopic (exact) mass is 315 g/mol. The molecular formula is C12H14BrNO4. The van der Waals surface area contributed by atoms with E-state index in [0.29, 0.717) is 16.4 Å². The van der Waals surface area contributed by atoms with Gasteiger partial charge in [-0.1, -0.05) is 34.1 Å². The predicted octanol–water partition coefficient (Wildman–Crippen LogP) is 1.16. The second-order valence-electron chi connectivity index (χ2n) is 3.48. The highest BCUT2D eigenvalue weighted by molar-refractivity contribution is 9.10. The number of carbonyl (C=O) groups is 2. The van der Waals surface area contributed by atoms with E-state index in [0.717, 1.165) is 0 Å². The van der Waals surface area contributed by atoms with E-state index in [1.807, 2.05) is 0 Å². The van der Waals surface area contributed by atoms with Gasteiger partial charge in [0.05, 0.1) is 6.61 Å². The fraction of sp³-hybridized carbons (Fsp3) is 0.333. The number of aliphatic hydroxyl groups excluding tert-OH is 1. The third-order valence-corrected chi connectivity index (χ3v) is 3.05. The number of amides is 1. The Hall–Kier alpha value is -1.40. The van der Waals surface area contributed by atoms with Crippen LogP contribution < -0.4 is 5.32 Å². The summed E-state index contributed by atoms with van der Waals surface area (Å²) in [5.74, 6) is -0.673. The molecule has 2 unspecified atom stereocenters. The zero-order chi connectivity index (χ0) is 13.5. The number of carbonyl (C=O) groups excluding carboxylic acids is 2. The van der Waals surface area contributed by atoms with Crippen molar-refractivity contribution in [2.75, 3.05) is 6.61 Å². The molecule has 1 rings (SSSR count). The molecule has 5 nitrogen and oxygen atoms in total. The van der Waals surface area contributed by atoms with Crippen molar-refractivity contribution in [2.45, 2.75) is 19.1 Å². The van der Waals surface area contributed by atoms with Gasteiger partial charge >= 0.3 is 5.97 Å². The molecule has 1 aromatic rings. The molecule has 0 radical (unpaired) electrons. The first kappa shape index (κ1) is 14.7. The summed E-state index contributed by atoms with van der Waals surface area (Å²) in [6.07, 6.45) is -0.813. The Labute approximate surface area is 113 Å². The Bertz CT molecular complexity index is 424. The maximum Gasteiger partial charge on any atom is 0.331 e. The largest absolute Gasteiger partial charge is 0.464 e. The van der Waals surface area contributed by atoms with Gasteiger partial charge in [-0.15, -0.1) is 0 Å². The molecule has 0 fully saturated rings. The van der Waals surface area contributed by atoms with Gasteiger partial charge in [0.1, 0.15) is 6.10 Å². The number of rotatable bonds is 6. The van der Waals surface area contributed by atoms with Gasteiger partial charge in [0.25, 0.3) is 0 Å². The summed E-state index contributed by atoms with van der Waals surface area (Å²) in [6, 6.07) is 5.79. The summed E-state index contributed by atoms with van der Waals surface area (Å²) in [7, 11) is 0. The molecule has 1 aromatic carbocycles. The van der Waals surface area contributed by atoms with Crippen molar-refractivity contribution in [3.05, 3.63) is 34.3 Å². The van der Waals surface area contributed by atoms with Gasteiger partial charge in [0, 0.05) is 4.47 Å². The number of halogens is 1. The van der Waals surface area contributed by atoms with Crippen molar-refractivity contribution in [1.29, 1.82) is 0 Å². The van der Waals surface area contributed by atoms with Crippen LogP contribution in [0.4, 0.5) is 0 Å². The zero-order valence-electron chi connectivity index (χ0n) is 9.80. The molecule has 98 valence electrons. The first-order valence-corrected chi connectivity index (χ1v) is 6.20. The van der Waals surface area contributed by atoms with E-state index in [2.05, 4.69) is 21.2 Å². The molecule has 6 heteroatoms. The highest BCUT2D eigenvalue weighted by Crippen LogP contribution is 2.25. The lowest BCUT2D eigenvalue weighted by Crippen LogP contribution is -2.42. The van der Waals surface area contributed by atoms with Gasteiger partial charge in [-0.05, 0) is 18.6 Å². The zero-order valence-corrected chi connectivity index (χ0v) is 11.4. The van der Waals surface area contributed by atoms with Gasteiger partial charge in [-0.25, -0.2) is 4.79 Å². The average molecular weight is 316 g/mol. The van der Waals surface area contributed by atoms with Crippen LogP contribution in [0.2, 0.25) is 0 Å². The van der Waals surface area contributed by atoms with Gasteiger partial charge in [0.2, 0.25) is 6.41 Å². The minimum absolute atomic E-state index is 0.179. The molecule has 0 heterocycles. The molecule has 0 aliphatic heterocycles. The molecule has 0 bridgehead atoms. The van der Waals surface area contributed by atoms with Crippen molar-refractivity contribution < 1.29 is 19.4 Å². The quantitative estimate of drug-likeness (QED) is 0.610. The Morgan fingerprint density at radius 1 is 1.56 bits per heavy atom. The highest BCUT2D eigenvalue weighted by Gasteiger charge is 2.29.